The molecule has 0 unspecified atom stereocenters. The van der Waals surface area contributed by atoms with Crippen molar-refractivity contribution in [3.8, 4) is 11.5 Å². The summed E-state index contributed by atoms with van der Waals surface area (Å²) in [6.45, 7) is 6.91. The normalized spacial score (nSPS) is 10.6. The first kappa shape index (κ1) is 20.8. The molecular weight excluding hydrogens is 346 g/mol. The van der Waals surface area contributed by atoms with Crippen LogP contribution in [-0.4, -0.2) is 50.2 Å². The van der Waals surface area contributed by atoms with Crippen LogP contribution in [0.15, 0.2) is 18.2 Å². The Kier molecular flexibility index (Phi) is 8.84. The van der Waals surface area contributed by atoms with E-state index in [2.05, 4.69) is 0 Å². The van der Waals surface area contributed by atoms with Crippen molar-refractivity contribution in [1.29, 1.82) is 0 Å². The zero-order valence-corrected chi connectivity index (χ0v) is 15.8. The Balaban J connectivity index is 2.74. The summed E-state index contributed by atoms with van der Waals surface area (Å²) in [6, 6.07) is 3.35. The molecule has 0 saturated heterocycles. The van der Waals surface area contributed by atoms with Crippen LogP contribution in [0.1, 0.15) is 26.3 Å². The lowest BCUT2D eigenvalue weighted by Crippen LogP contribution is -2.34. The number of rotatable bonds is 9. The monoisotopic (exact) mass is 369 g/mol. The van der Waals surface area contributed by atoms with E-state index in [1.165, 1.54) is 19.3 Å². The lowest BCUT2D eigenvalue weighted by Gasteiger charge is -2.17. The first-order chi connectivity index (χ1) is 12.0. The minimum atomic E-state index is -0.606. The third-order valence-corrected chi connectivity index (χ3v) is 3.68. The predicted octanol–water partition coefficient (Wildman–Crippen LogP) is 3.17. The topological polar surface area (TPSA) is 65.1 Å². The second-order valence-electron chi connectivity index (χ2n) is 4.97. The first-order valence-electron chi connectivity index (χ1n) is 8.09. The molecule has 0 atom stereocenters. The highest BCUT2D eigenvalue weighted by Gasteiger charge is 2.12. The van der Waals surface area contributed by atoms with Crippen molar-refractivity contribution in [2.45, 2.75) is 20.8 Å². The molecule has 1 aromatic rings. The molecule has 0 aliphatic heterocycles. The number of halogens is 1. The van der Waals surface area contributed by atoms with Gasteiger partial charge < -0.3 is 19.1 Å². The fraction of sp³-hybridized carbons (Fsp3) is 0.444. The van der Waals surface area contributed by atoms with Crippen LogP contribution in [0.2, 0.25) is 5.02 Å². The summed E-state index contributed by atoms with van der Waals surface area (Å²) in [5.41, 5.74) is 0.654. The Labute approximate surface area is 153 Å². The van der Waals surface area contributed by atoms with Gasteiger partial charge in [-0.15, -0.1) is 0 Å². The van der Waals surface area contributed by atoms with E-state index in [1.807, 2.05) is 20.8 Å². The van der Waals surface area contributed by atoms with Crippen LogP contribution in [-0.2, 0) is 14.3 Å². The number of ether oxygens (including phenoxy) is 3. The molecule has 0 saturated carbocycles. The standard InChI is InChI=1S/C18H24ClNO5/c1-5-20(6-2)16(21)12-25-17(22)9-8-13-10-14(19)18(23-4)15(11-13)24-7-3/h8-11H,5-7,12H2,1-4H3. The third kappa shape index (κ3) is 6.31. The van der Waals surface area contributed by atoms with Gasteiger partial charge >= 0.3 is 5.97 Å². The molecule has 0 aliphatic rings. The number of likely N-dealkylation sites (N-methyl/N-ethyl adjacent to an activating group) is 1. The molecule has 0 radical (unpaired) electrons. The summed E-state index contributed by atoms with van der Waals surface area (Å²) >= 11 is 6.15. The summed E-state index contributed by atoms with van der Waals surface area (Å²) < 4.78 is 15.6. The number of hydrogen-bond donors (Lipinski definition) is 0. The van der Waals surface area contributed by atoms with Gasteiger partial charge in [-0.3, -0.25) is 4.79 Å². The van der Waals surface area contributed by atoms with Gasteiger partial charge in [0.05, 0.1) is 18.7 Å². The number of methoxy groups -OCH3 is 1. The first-order valence-corrected chi connectivity index (χ1v) is 8.47. The number of hydrogen-bond acceptors (Lipinski definition) is 5. The van der Waals surface area contributed by atoms with E-state index in [0.717, 1.165) is 0 Å². The van der Waals surface area contributed by atoms with Crippen LogP contribution in [0.3, 0.4) is 0 Å². The van der Waals surface area contributed by atoms with Crippen molar-refractivity contribution in [2.75, 3.05) is 33.4 Å². The van der Waals surface area contributed by atoms with Crippen LogP contribution in [0.25, 0.3) is 6.08 Å². The number of carbonyl (C=O) groups is 2. The van der Waals surface area contributed by atoms with Gasteiger partial charge in [0.1, 0.15) is 0 Å². The molecule has 1 rings (SSSR count). The van der Waals surface area contributed by atoms with Gasteiger partial charge in [-0.05, 0) is 44.5 Å². The minimum Gasteiger partial charge on any atom is -0.491 e. The summed E-state index contributed by atoms with van der Waals surface area (Å²) in [7, 11) is 1.50. The zero-order chi connectivity index (χ0) is 18.8. The van der Waals surface area contributed by atoms with Crippen LogP contribution >= 0.6 is 11.6 Å². The molecular formula is C18H24ClNO5. The zero-order valence-electron chi connectivity index (χ0n) is 15.0. The number of esters is 1. The van der Waals surface area contributed by atoms with Gasteiger partial charge in [0.15, 0.2) is 18.1 Å². The third-order valence-electron chi connectivity index (χ3n) is 3.40. The van der Waals surface area contributed by atoms with E-state index in [1.54, 1.807) is 17.0 Å². The van der Waals surface area contributed by atoms with E-state index in [9.17, 15) is 9.59 Å². The fourth-order valence-electron chi connectivity index (χ4n) is 2.16. The second-order valence-corrected chi connectivity index (χ2v) is 5.38. The molecule has 7 heteroatoms. The van der Waals surface area contributed by atoms with Gasteiger partial charge in [0.2, 0.25) is 0 Å². The highest BCUT2D eigenvalue weighted by molar-refractivity contribution is 6.32. The van der Waals surface area contributed by atoms with Crippen LogP contribution in [0.4, 0.5) is 0 Å². The van der Waals surface area contributed by atoms with E-state index >= 15 is 0 Å². The molecule has 1 aromatic carbocycles. The van der Waals surface area contributed by atoms with Crippen LogP contribution in [0, 0.1) is 0 Å². The second kappa shape index (κ2) is 10.6. The van der Waals surface area contributed by atoms with Crippen molar-refractivity contribution in [1.82, 2.24) is 4.90 Å². The van der Waals surface area contributed by atoms with E-state index in [-0.39, 0.29) is 12.5 Å². The molecule has 0 spiro atoms. The highest BCUT2D eigenvalue weighted by atomic mass is 35.5. The quantitative estimate of drug-likeness (QED) is 0.494. The number of nitrogens with zero attached hydrogens (tertiary/aromatic N) is 1. The molecule has 0 N–H and O–H groups in total. The molecule has 0 heterocycles. The molecule has 1 amide bonds. The van der Waals surface area contributed by atoms with Gasteiger partial charge in [-0.25, -0.2) is 4.79 Å². The minimum absolute atomic E-state index is 0.224. The maximum absolute atomic E-state index is 11.8. The average molecular weight is 370 g/mol. The lowest BCUT2D eigenvalue weighted by molar-refractivity contribution is -0.147. The highest BCUT2D eigenvalue weighted by Crippen LogP contribution is 2.36. The molecule has 0 bridgehead atoms. The summed E-state index contributed by atoms with van der Waals surface area (Å²) in [5, 5.41) is 0.373. The summed E-state index contributed by atoms with van der Waals surface area (Å²) in [6.07, 6.45) is 2.78. The lowest BCUT2D eigenvalue weighted by atomic mass is 10.2. The van der Waals surface area contributed by atoms with Crippen molar-refractivity contribution in [3.05, 3.63) is 28.8 Å². The SMILES string of the molecule is CCOc1cc(C=CC(=O)OCC(=O)N(CC)CC)cc(Cl)c1OC. The van der Waals surface area contributed by atoms with E-state index in [0.29, 0.717) is 41.8 Å². The van der Waals surface area contributed by atoms with Crippen molar-refractivity contribution in [3.63, 3.8) is 0 Å². The number of amides is 1. The Morgan fingerprint density at radius 3 is 2.44 bits per heavy atom. The van der Waals surface area contributed by atoms with E-state index < -0.39 is 5.97 Å². The maximum Gasteiger partial charge on any atom is 0.331 e. The van der Waals surface area contributed by atoms with Crippen LogP contribution < -0.4 is 9.47 Å². The Morgan fingerprint density at radius 2 is 1.88 bits per heavy atom. The Hall–Kier alpha value is -2.21. The van der Waals surface area contributed by atoms with Gasteiger partial charge in [0.25, 0.3) is 5.91 Å². The van der Waals surface area contributed by atoms with Crippen molar-refractivity contribution < 1.29 is 23.8 Å². The molecule has 0 fully saturated rings. The van der Waals surface area contributed by atoms with Crippen LogP contribution in [0.5, 0.6) is 11.5 Å². The summed E-state index contributed by atoms with van der Waals surface area (Å²) in [4.78, 5) is 25.2. The van der Waals surface area contributed by atoms with Crippen molar-refractivity contribution in [2.24, 2.45) is 0 Å². The fourth-order valence-corrected chi connectivity index (χ4v) is 2.45. The molecule has 0 aromatic heterocycles. The van der Waals surface area contributed by atoms with Gasteiger partial charge in [0, 0.05) is 19.2 Å². The Bertz CT molecular complexity index is 626. The maximum atomic E-state index is 11.8. The van der Waals surface area contributed by atoms with Gasteiger partial charge in [-0.1, -0.05) is 11.6 Å². The molecule has 25 heavy (non-hydrogen) atoms. The van der Waals surface area contributed by atoms with Crippen molar-refractivity contribution >= 4 is 29.6 Å². The largest absolute Gasteiger partial charge is 0.491 e. The smallest absolute Gasteiger partial charge is 0.331 e. The average Bonchev–Trinajstić information content (AvgIpc) is 2.59. The number of carbonyl (C=O) groups excluding carboxylic acids is 2. The summed E-state index contributed by atoms with van der Waals surface area (Å²) in [5.74, 6) is 0.0959. The number of benzene rings is 1. The molecule has 0 aliphatic carbocycles. The molecule has 6 nitrogen and oxygen atoms in total. The Morgan fingerprint density at radius 1 is 1.20 bits per heavy atom. The predicted molar refractivity (Wildman–Crippen MR) is 97.1 cm³/mol. The van der Waals surface area contributed by atoms with E-state index in [4.69, 9.17) is 25.8 Å². The van der Waals surface area contributed by atoms with Gasteiger partial charge in [-0.2, -0.15) is 0 Å². The molecule has 138 valence electrons.